The molecule has 1 heterocycles. The fourth-order valence-corrected chi connectivity index (χ4v) is 3.29. The quantitative estimate of drug-likeness (QED) is 0.430. The van der Waals surface area contributed by atoms with Gasteiger partial charge < -0.3 is 16.0 Å². The summed E-state index contributed by atoms with van der Waals surface area (Å²) < 4.78 is 13.1. The Bertz CT molecular complexity index is 1080. The third kappa shape index (κ3) is 5.54. The van der Waals surface area contributed by atoms with Crippen LogP contribution in [0.4, 0.5) is 10.2 Å². The molecule has 0 aliphatic rings. The van der Waals surface area contributed by atoms with Crippen LogP contribution in [0.2, 0.25) is 0 Å². The van der Waals surface area contributed by atoms with Crippen molar-refractivity contribution in [3.8, 4) is 0 Å². The molecule has 0 saturated carbocycles. The van der Waals surface area contributed by atoms with Crippen molar-refractivity contribution in [2.75, 3.05) is 18.4 Å². The monoisotopic (exact) mass is 427 g/mol. The van der Waals surface area contributed by atoms with Crippen molar-refractivity contribution in [1.82, 2.24) is 20.8 Å². The van der Waals surface area contributed by atoms with Gasteiger partial charge >= 0.3 is 0 Å². The molecular formula is C22H26FN5OS. The van der Waals surface area contributed by atoms with Crippen LogP contribution >= 0.6 is 12.2 Å². The van der Waals surface area contributed by atoms with Crippen LogP contribution in [-0.4, -0.2) is 28.4 Å². The van der Waals surface area contributed by atoms with E-state index in [1.165, 1.54) is 12.1 Å². The summed E-state index contributed by atoms with van der Waals surface area (Å²) in [6, 6.07) is 13.7. The van der Waals surface area contributed by atoms with Crippen LogP contribution in [0.1, 0.15) is 32.4 Å². The van der Waals surface area contributed by atoms with E-state index in [1.807, 2.05) is 25.1 Å². The van der Waals surface area contributed by atoms with Gasteiger partial charge in [-0.15, -0.1) is 0 Å². The fourth-order valence-electron chi connectivity index (χ4n) is 3.04. The number of aromatic amines is 1. The van der Waals surface area contributed by atoms with Crippen molar-refractivity contribution in [2.45, 2.75) is 26.8 Å². The van der Waals surface area contributed by atoms with Gasteiger partial charge in [0.1, 0.15) is 5.82 Å². The Morgan fingerprint density at radius 3 is 2.50 bits per heavy atom. The van der Waals surface area contributed by atoms with Gasteiger partial charge in [-0.05, 0) is 48.3 Å². The lowest BCUT2D eigenvalue weighted by molar-refractivity contribution is 0.386. The average Bonchev–Trinajstić information content (AvgIpc) is 2.72. The number of nitrogens with one attached hydrogen (secondary N) is 4. The lowest BCUT2D eigenvalue weighted by Crippen LogP contribution is -2.43. The first kappa shape index (κ1) is 21.7. The van der Waals surface area contributed by atoms with Gasteiger partial charge in [0.2, 0.25) is 0 Å². The van der Waals surface area contributed by atoms with Gasteiger partial charge in [-0.3, -0.25) is 4.79 Å². The van der Waals surface area contributed by atoms with Gasteiger partial charge in [-0.25, -0.2) is 9.49 Å². The maximum atomic E-state index is 13.1. The number of H-pyrrole nitrogens is 1. The number of hydrogen-bond donors (Lipinski definition) is 4. The standard InChI is InChI=1S/C22H26FN5OS/c1-14(15-8-10-16(23)11-9-15)26-21(30)25-13-22(2,3)12-24-19-17-6-4-5-7-18(17)20(29)28-27-19/h4-11,14H,12-13H2,1-3H3,(H,24,27)(H,28,29)(H2,25,26,30). The van der Waals surface area contributed by atoms with Gasteiger partial charge in [0.05, 0.1) is 11.4 Å². The number of benzene rings is 2. The molecule has 4 N–H and O–H groups in total. The number of hydrogen-bond acceptors (Lipinski definition) is 4. The first-order chi connectivity index (χ1) is 14.2. The predicted molar refractivity (Wildman–Crippen MR) is 123 cm³/mol. The fraction of sp³-hybridized carbons (Fsp3) is 0.318. The molecular weight excluding hydrogens is 401 g/mol. The van der Waals surface area contributed by atoms with E-state index in [9.17, 15) is 9.18 Å². The van der Waals surface area contributed by atoms with Crippen molar-refractivity contribution in [1.29, 1.82) is 0 Å². The summed E-state index contributed by atoms with van der Waals surface area (Å²) in [7, 11) is 0. The lowest BCUT2D eigenvalue weighted by atomic mass is 9.93. The van der Waals surface area contributed by atoms with Crippen LogP contribution in [0.25, 0.3) is 10.8 Å². The first-order valence-corrected chi connectivity index (χ1v) is 10.2. The number of halogens is 1. The van der Waals surface area contributed by atoms with Crippen LogP contribution in [0.3, 0.4) is 0 Å². The highest BCUT2D eigenvalue weighted by Gasteiger charge is 2.19. The lowest BCUT2D eigenvalue weighted by Gasteiger charge is -2.27. The van der Waals surface area contributed by atoms with Crippen molar-refractivity contribution in [2.24, 2.45) is 5.41 Å². The molecule has 2 aromatic carbocycles. The van der Waals surface area contributed by atoms with E-state index in [2.05, 4.69) is 40.0 Å². The Kier molecular flexibility index (Phi) is 6.66. The number of rotatable bonds is 7. The SMILES string of the molecule is CC(NC(=S)NCC(C)(C)CNc1n[nH]c(=O)c2ccccc12)c1ccc(F)cc1. The molecule has 0 saturated heterocycles. The molecule has 6 nitrogen and oxygen atoms in total. The molecule has 3 aromatic rings. The summed E-state index contributed by atoms with van der Waals surface area (Å²) >= 11 is 5.41. The van der Waals surface area contributed by atoms with Crippen molar-refractivity contribution in [3.05, 3.63) is 70.3 Å². The zero-order valence-corrected chi connectivity index (χ0v) is 18.1. The summed E-state index contributed by atoms with van der Waals surface area (Å²) in [5.74, 6) is 0.384. The second kappa shape index (κ2) is 9.21. The van der Waals surface area contributed by atoms with Crippen molar-refractivity contribution >= 4 is 33.9 Å². The molecule has 0 radical (unpaired) electrons. The van der Waals surface area contributed by atoms with E-state index in [-0.39, 0.29) is 22.8 Å². The molecule has 0 aliphatic carbocycles. The molecule has 158 valence electrons. The topological polar surface area (TPSA) is 81.8 Å². The zero-order valence-electron chi connectivity index (χ0n) is 17.3. The molecule has 0 fully saturated rings. The molecule has 0 aliphatic heterocycles. The molecule has 1 atom stereocenters. The minimum Gasteiger partial charge on any atom is -0.368 e. The Labute approximate surface area is 180 Å². The van der Waals surface area contributed by atoms with E-state index in [1.54, 1.807) is 18.2 Å². The van der Waals surface area contributed by atoms with Gasteiger partial charge in [0.25, 0.3) is 5.56 Å². The molecule has 8 heteroatoms. The highest BCUT2D eigenvalue weighted by atomic mass is 32.1. The van der Waals surface area contributed by atoms with Crippen LogP contribution in [0, 0.1) is 11.2 Å². The molecule has 1 unspecified atom stereocenters. The predicted octanol–water partition coefficient (Wildman–Crippen LogP) is 3.73. The summed E-state index contributed by atoms with van der Waals surface area (Å²) in [4.78, 5) is 11.9. The number of anilines is 1. The number of fused-ring (bicyclic) bond motifs is 1. The highest BCUT2D eigenvalue weighted by Crippen LogP contribution is 2.20. The van der Waals surface area contributed by atoms with E-state index in [4.69, 9.17) is 12.2 Å². The minimum absolute atomic E-state index is 0.0384. The minimum atomic E-state index is -0.259. The van der Waals surface area contributed by atoms with E-state index >= 15 is 0 Å². The van der Waals surface area contributed by atoms with E-state index < -0.39 is 0 Å². The molecule has 1 aromatic heterocycles. The van der Waals surface area contributed by atoms with Crippen molar-refractivity contribution in [3.63, 3.8) is 0 Å². The first-order valence-electron chi connectivity index (χ1n) is 9.76. The maximum Gasteiger partial charge on any atom is 0.272 e. The summed E-state index contributed by atoms with van der Waals surface area (Å²) in [6.07, 6.45) is 0. The normalized spacial score (nSPS) is 12.4. The molecule has 30 heavy (non-hydrogen) atoms. The second-order valence-corrected chi connectivity index (χ2v) is 8.47. The number of nitrogens with zero attached hydrogens (tertiary/aromatic N) is 1. The largest absolute Gasteiger partial charge is 0.368 e. The third-order valence-corrected chi connectivity index (χ3v) is 5.14. The average molecular weight is 428 g/mol. The van der Waals surface area contributed by atoms with E-state index in [0.717, 1.165) is 10.9 Å². The molecule has 0 spiro atoms. The molecule has 3 rings (SSSR count). The van der Waals surface area contributed by atoms with Crippen LogP contribution < -0.4 is 21.5 Å². The summed E-state index contributed by atoms with van der Waals surface area (Å²) in [6.45, 7) is 7.43. The van der Waals surface area contributed by atoms with Gasteiger partial charge in [0, 0.05) is 18.5 Å². The maximum absolute atomic E-state index is 13.1. The van der Waals surface area contributed by atoms with Gasteiger partial charge in [-0.1, -0.05) is 44.2 Å². The van der Waals surface area contributed by atoms with Crippen LogP contribution in [0.5, 0.6) is 0 Å². The highest BCUT2D eigenvalue weighted by molar-refractivity contribution is 7.80. The second-order valence-electron chi connectivity index (χ2n) is 8.06. The number of aromatic nitrogens is 2. The molecule has 0 bridgehead atoms. The molecule has 0 amide bonds. The Morgan fingerprint density at radius 1 is 1.13 bits per heavy atom. The summed E-state index contributed by atoms with van der Waals surface area (Å²) in [5.41, 5.74) is 0.602. The Morgan fingerprint density at radius 2 is 1.80 bits per heavy atom. The number of thiocarbonyl (C=S) groups is 1. The Balaban J connectivity index is 1.54. The van der Waals surface area contributed by atoms with Gasteiger partial charge in [-0.2, -0.15) is 5.10 Å². The van der Waals surface area contributed by atoms with E-state index in [0.29, 0.717) is 29.4 Å². The van der Waals surface area contributed by atoms with Crippen LogP contribution in [-0.2, 0) is 0 Å². The van der Waals surface area contributed by atoms with Crippen LogP contribution in [0.15, 0.2) is 53.3 Å². The van der Waals surface area contributed by atoms with Gasteiger partial charge in [0.15, 0.2) is 10.9 Å². The Hall–Kier alpha value is -3.00. The smallest absolute Gasteiger partial charge is 0.272 e. The summed E-state index contributed by atoms with van der Waals surface area (Å²) in [5, 5.41) is 18.4. The van der Waals surface area contributed by atoms with Crippen molar-refractivity contribution < 1.29 is 4.39 Å². The third-order valence-electron chi connectivity index (χ3n) is 4.88. The zero-order chi connectivity index (χ0) is 21.7.